The van der Waals surface area contributed by atoms with Crippen LogP contribution in [-0.4, -0.2) is 17.5 Å². The number of halogens is 2. The van der Waals surface area contributed by atoms with E-state index in [0.29, 0.717) is 27.5 Å². The molecule has 0 amide bonds. The van der Waals surface area contributed by atoms with Crippen LogP contribution in [0.4, 0.5) is 8.78 Å². The zero-order valence-electron chi connectivity index (χ0n) is 15.7. The van der Waals surface area contributed by atoms with E-state index in [0.717, 1.165) is 11.1 Å². The maximum Gasteiger partial charge on any atom is 0.387 e. The van der Waals surface area contributed by atoms with E-state index in [4.69, 9.17) is 12.2 Å². The van der Waals surface area contributed by atoms with Crippen molar-refractivity contribution in [2.24, 2.45) is 0 Å². The number of aryl methyl sites for hydroxylation is 2. The van der Waals surface area contributed by atoms with Crippen molar-refractivity contribution in [2.45, 2.75) is 33.4 Å². The van der Waals surface area contributed by atoms with E-state index in [1.54, 1.807) is 26.0 Å². The summed E-state index contributed by atoms with van der Waals surface area (Å²) in [6, 6.07) is 12.4. The van der Waals surface area contributed by atoms with Crippen LogP contribution in [0.15, 0.2) is 48.0 Å². The van der Waals surface area contributed by atoms with Gasteiger partial charge in [-0.05, 0) is 67.4 Å². The molecule has 1 aliphatic rings. The van der Waals surface area contributed by atoms with Crippen molar-refractivity contribution in [3.63, 3.8) is 0 Å². The number of carbonyl (C=O) groups excluding carboxylic acids is 1. The van der Waals surface area contributed by atoms with Gasteiger partial charge >= 0.3 is 6.61 Å². The lowest BCUT2D eigenvalue weighted by Crippen LogP contribution is -2.44. The summed E-state index contributed by atoms with van der Waals surface area (Å²) in [6.07, 6.45) is 0. The second-order valence-electron chi connectivity index (χ2n) is 6.60. The van der Waals surface area contributed by atoms with Crippen molar-refractivity contribution in [3.05, 3.63) is 70.3 Å². The van der Waals surface area contributed by atoms with Gasteiger partial charge in [-0.3, -0.25) is 4.79 Å². The molecule has 1 aliphatic heterocycles. The van der Waals surface area contributed by atoms with Gasteiger partial charge in [-0.15, -0.1) is 0 Å². The summed E-state index contributed by atoms with van der Waals surface area (Å²) < 4.78 is 30.0. The second kappa shape index (κ2) is 8.06. The highest BCUT2D eigenvalue weighted by Crippen LogP contribution is 2.35. The Labute approximate surface area is 167 Å². The number of thiocarbonyl (C=S) groups is 1. The lowest BCUT2D eigenvalue weighted by molar-refractivity contribution is -0.113. The summed E-state index contributed by atoms with van der Waals surface area (Å²) in [7, 11) is 0. The minimum atomic E-state index is -2.90. The number of rotatable bonds is 5. The third kappa shape index (κ3) is 4.04. The Bertz CT molecular complexity index is 935. The largest absolute Gasteiger partial charge is 0.434 e. The molecule has 28 heavy (non-hydrogen) atoms. The van der Waals surface area contributed by atoms with E-state index in [2.05, 4.69) is 15.4 Å². The Morgan fingerprint density at radius 3 is 2.29 bits per heavy atom. The molecular weight excluding hydrogens is 382 g/mol. The first kappa shape index (κ1) is 19.9. The van der Waals surface area contributed by atoms with Gasteiger partial charge in [0.1, 0.15) is 5.75 Å². The average Bonchev–Trinajstić information content (AvgIpc) is 2.64. The number of ketones is 1. The summed E-state index contributed by atoms with van der Waals surface area (Å²) in [5, 5.41) is 6.60. The number of carbonyl (C=O) groups is 1. The summed E-state index contributed by atoms with van der Waals surface area (Å²) in [6.45, 7) is 1.99. The van der Waals surface area contributed by atoms with E-state index < -0.39 is 12.7 Å². The summed E-state index contributed by atoms with van der Waals surface area (Å²) >= 11 is 5.36. The summed E-state index contributed by atoms with van der Waals surface area (Å²) in [5.74, 6) is 0.0291. The minimum Gasteiger partial charge on any atom is -0.434 e. The molecule has 0 saturated carbocycles. The number of Topliss-reactive ketones (excluding diaryl/α,β-unsaturated/α-hetero) is 1. The number of hydrogen-bond acceptors (Lipinski definition) is 3. The molecule has 0 saturated heterocycles. The molecule has 2 aromatic rings. The molecule has 0 unspecified atom stereocenters. The summed E-state index contributed by atoms with van der Waals surface area (Å²) in [5.41, 5.74) is 3.88. The van der Waals surface area contributed by atoms with Crippen molar-refractivity contribution in [1.82, 2.24) is 10.6 Å². The predicted octanol–water partition coefficient (Wildman–Crippen LogP) is 4.42. The first-order valence-corrected chi connectivity index (χ1v) is 9.12. The predicted molar refractivity (Wildman–Crippen MR) is 108 cm³/mol. The fourth-order valence-electron chi connectivity index (χ4n) is 3.45. The van der Waals surface area contributed by atoms with Gasteiger partial charge in [-0.2, -0.15) is 8.78 Å². The van der Waals surface area contributed by atoms with Gasteiger partial charge < -0.3 is 15.4 Å². The lowest BCUT2D eigenvalue weighted by Gasteiger charge is -2.32. The van der Waals surface area contributed by atoms with Crippen molar-refractivity contribution in [3.8, 4) is 5.75 Å². The van der Waals surface area contributed by atoms with E-state index in [-0.39, 0.29) is 11.5 Å². The van der Waals surface area contributed by atoms with Gasteiger partial charge in [0.25, 0.3) is 0 Å². The zero-order valence-corrected chi connectivity index (χ0v) is 16.5. The van der Waals surface area contributed by atoms with Crippen molar-refractivity contribution < 1.29 is 18.3 Å². The molecule has 0 radical (unpaired) electrons. The van der Waals surface area contributed by atoms with Crippen LogP contribution < -0.4 is 15.4 Å². The minimum absolute atomic E-state index is 0.116. The first-order chi connectivity index (χ1) is 13.3. The molecule has 3 rings (SSSR count). The van der Waals surface area contributed by atoms with Gasteiger partial charge in [-0.1, -0.05) is 30.3 Å². The molecule has 0 aromatic heterocycles. The van der Waals surface area contributed by atoms with Crippen LogP contribution in [0.3, 0.4) is 0 Å². The van der Waals surface area contributed by atoms with E-state index in [1.165, 1.54) is 6.92 Å². The second-order valence-corrected chi connectivity index (χ2v) is 7.01. The molecule has 2 N–H and O–H groups in total. The van der Waals surface area contributed by atoms with Gasteiger partial charge in [0.15, 0.2) is 10.9 Å². The van der Waals surface area contributed by atoms with Gasteiger partial charge in [-0.25, -0.2) is 0 Å². The number of ether oxygens (including phenoxy) is 1. The van der Waals surface area contributed by atoms with Crippen LogP contribution in [0.1, 0.15) is 35.2 Å². The number of nitrogens with one attached hydrogen (secondary N) is 2. The van der Waals surface area contributed by atoms with Crippen molar-refractivity contribution in [2.75, 3.05) is 0 Å². The Morgan fingerprint density at radius 1 is 1.14 bits per heavy atom. The zero-order chi connectivity index (χ0) is 20.4. The molecule has 0 aliphatic carbocycles. The van der Waals surface area contributed by atoms with Crippen LogP contribution in [0.5, 0.6) is 5.75 Å². The van der Waals surface area contributed by atoms with Crippen molar-refractivity contribution >= 4 is 28.8 Å². The Balaban J connectivity index is 2.14. The monoisotopic (exact) mass is 402 g/mol. The molecule has 0 spiro atoms. The molecule has 0 fully saturated rings. The Morgan fingerprint density at radius 2 is 1.75 bits per heavy atom. The van der Waals surface area contributed by atoms with E-state index >= 15 is 0 Å². The molecule has 146 valence electrons. The maximum atomic E-state index is 12.7. The van der Waals surface area contributed by atoms with Gasteiger partial charge in [0.05, 0.1) is 11.7 Å². The average molecular weight is 402 g/mol. The first-order valence-electron chi connectivity index (χ1n) is 8.72. The highest BCUT2D eigenvalue weighted by atomic mass is 32.1. The standard InChI is InChI=1S/C21H20F2N2O2S/c1-11-9-15(10-12(2)19(11)27-20(22)23)18-16(13(3)26)17(24-21(28)25-18)14-7-5-4-6-8-14/h4-10,18,20H,1-3H3,(H2,24,25,28)/t18-/m1/s1. The van der Waals surface area contributed by atoms with Gasteiger partial charge in [0.2, 0.25) is 0 Å². The SMILES string of the molecule is CC(=O)C1=C(c2ccccc2)NC(=S)N[C@@H]1c1cc(C)c(OC(F)F)c(C)c1. The van der Waals surface area contributed by atoms with Crippen LogP contribution in [0.25, 0.3) is 5.70 Å². The fourth-order valence-corrected chi connectivity index (χ4v) is 3.67. The molecule has 2 aromatic carbocycles. The van der Waals surface area contributed by atoms with Crippen LogP contribution >= 0.6 is 12.2 Å². The third-order valence-corrected chi connectivity index (χ3v) is 4.76. The molecule has 1 atom stereocenters. The third-order valence-electron chi connectivity index (χ3n) is 4.54. The highest BCUT2D eigenvalue weighted by molar-refractivity contribution is 7.80. The molecular formula is C21H20F2N2O2S. The normalized spacial score (nSPS) is 16.6. The number of hydrogen-bond donors (Lipinski definition) is 2. The van der Waals surface area contributed by atoms with Crippen molar-refractivity contribution in [1.29, 1.82) is 0 Å². The van der Waals surface area contributed by atoms with E-state index in [1.807, 2.05) is 30.3 Å². The molecule has 0 bridgehead atoms. The highest BCUT2D eigenvalue weighted by Gasteiger charge is 2.31. The van der Waals surface area contributed by atoms with Crippen LogP contribution in [0.2, 0.25) is 0 Å². The van der Waals surface area contributed by atoms with Gasteiger partial charge in [0, 0.05) is 5.57 Å². The molecule has 1 heterocycles. The fraction of sp³-hybridized carbons (Fsp3) is 0.238. The van der Waals surface area contributed by atoms with Crippen LogP contribution in [0, 0.1) is 13.8 Å². The number of benzene rings is 2. The molecule has 7 heteroatoms. The topological polar surface area (TPSA) is 50.4 Å². The smallest absolute Gasteiger partial charge is 0.387 e. The Hall–Kier alpha value is -2.80. The summed E-state index contributed by atoms with van der Waals surface area (Å²) in [4.78, 5) is 12.6. The Kier molecular flexibility index (Phi) is 5.74. The maximum absolute atomic E-state index is 12.7. The number of alkyl halides is 2. The molecule has 4 nitrogen and oxygen atoms in total. The van der Waals surface area contributed by atoms with E-state index in [9.17, 15) is 13.6 Å². The quantitative estimate of drug-likeness (QED) is 0.725. The lowest BCUT2D eigenvalue weighted by atomic mass is 9.89. The van der Waals surface area contributed by atoms with Crippen LogP contribution in [-0.2, 0) is 4.79 Å².